The van der Waals surface area contributed by atoms with Crippen LogP contribution in [-0.4, -0.2) is 20.8 Å². The molecule has 0 atom stereocenters. The molecule has 0 unspecified atom stereocenters. The second-order valence-electron chi connectivity index (χ2n) is 5.48. The summed E-state index contributed by atoms with van der Waals surface area (Å²) in [4.78, 5) is 12.1. The van der Waals surface area contributed by atoms with Gasteiger partial charge in [-0.3, -0.25) is 9.48 Å². The van der Waals surface area contributed by atoms with Gasteiger partial charge >= 0.3 is 6.18 Å². The van der Waals surface area contributed by atoms with Gasteiger partial charge in [0.2, 0.25) is 0 Å². The minimum atomic E-state index is -4.63. The lowest BCUT2D eigenvalue weighted by molar-refractivity contribution is -0.141. The lowest BCUT2D eigenvalue weighted by Gasteiger charge is -2.08. The van der Waals surface area contributed by atoms with E-state index in [9.17, 15) is 22.4 Å². The van der Waals surface area contributed by atoms with E-state index < -0.39 is 23.6 Å². The van der Waals surface area contributed by atoms with E-state index >= 15 is 0 Å². The van der Waals surface area contributed by atoms with E-state index in [0.717, 1.165) is 16.8 Å². The predicted molar refractivity (Wildman–Crippen MR) is 94.1 cm³/mol. The van der Waals surface area contributed by atoms with Gasteiger partial charge in [0.1, 0.15) is 17.1 Å². The van der Waals surface area contributed by atoms with Crippen LogP contribution < -0.4 is 5.32 Å². The molecule has 28 heavy (non-hydrogen) atoms. The number of nitrogens with one attached hydrogen (secondary N) is 1. The van der Waals surface area contributed by atoms with E-state index in [0.29, 0.717) is 5.76 Å². The second kappa shape index (κ2) is 8.24. The molecule has 0 bridgehead atoms. The maximum atomic E-state index is 14.4. The molecule has 1 amide bonds. The molecule has 0 saturated heterocycles. The smallest absolute Gasteiger partial charge is 0.361 e. The first-order chi connectivity index (χ1) is 13.2. The number of aromatic nitrogens is 3. The van der Waals surface area contributed by atoms with E-state index in [-0.39, 0.29) is 22.5 Å². The van der Waals surface area contributed by atoms with Gasteiger partial charge in [0.15, 0.2) is 5.69 Å². The number of amides is 1. The molecule has 0 saturated carbocycles. The van der Waals surface area contributed by atoms with Crippen molar-refractivity contribution >= 4 is 11.6 Å². The fraction of sp³-hybridized carbons (Fsp3) is 0.278. The summed E-state index contributed by atoms with van der Waals surface area (Å²) >= 11 is 0. The van der Waals surface area contributed by atoms with Gasteiger partial charge in [0, 0.05) is 18.3 Å². The molecule has 0 aliphatic rings. The van der Waals surface area contributed by atoms with Crippen molar-refractivity contribution in [1.82, 2.24) is 14.9 Å². The van der Waals surface area contributed by atoms with Gasteiger partial charge in [-0.2, -0.15) is 18.3 Å². The summed E-state index contributed by atoms with van der Waals surface area (Å²) in [6.45, 7) is 5.55. The Labute approximate surface area is 158 Å². The Morgan fingerprint density at radius 1 is 1.21 bits per heavy atom. The minimum Gasteiger partial charge on any atom is -0.361 e. The summed E-state index contributed by atoms with van der Waals surface area (Å²) in [5, 5.41) is 9.29. The van der Waals surface area contributed by atoms with E-state index in [4.69, 9.17) is 4.52 Å². The summed E-state index contributed by atoms with van der Waals surface area (Å²) in [6.07, 6.45) is -3.40. The summed E-state index contributed by atoms with van der Waals surface area (Å²) < 4.78 is 58.3. The summed E-state index contributed by atoms with van der Waals surface area (Å²) in [5.41, 5.74) is -0.905. The topological polar surface area (TPSA) is 73.0 Å². The van der Waals surface area contributed by atoms with Gasteiger partial charge in [-0.25, -0.2) is 4.39 Å². The molecule has 0 spiro atoms. The van der Waals surface area contributed by atoms with Crippen LogP contribution in [0.1, 0.15) is 35.7 Å². The molecule has 2 aromatic heterocycles. The number of anilines is 1. The number of aryl methyl sites for hydroxylation is 2. The maximum absolute atomic E-state index is 14.4. The van der Waals surface area contributed by atoms with Crippen LogP contribution in [0.2, 0.25) is 0 Å². The Bertz CT molecular complexity index is 976. The molecule has 3 aromatic rings. The van der Waals surface area contributed by atoms with Crippen molar-refractivity contribution in [1.29, 1.82) is 0 Å². The average molecular weight is 398 g/mol. The van der Waals surface area contributed by atoms with Crippen molar-refractivity contribution in [3.05, 3.63) is 53.3 Å². The van der Waals surface area contributed by atoms with E-state index in [2.05, 4.69) is 15.6 Å². The third-order valence-corrected chi connectivity index (χ3v) is 3.67. The SMILES string of the molecule is CC.Cc1oncc1C(=O)Nc1ccc(-c2cc(C(F)(F)F)nn2C)c(F)c1. The standard InChI is InChI=1S/C16H12F4N4O2.C2H6/c1-8-11(7-21-26-8)15(25)22-9-3-4-10(12(17)5-9)13-6-14(16(18,19)20)23-24(13)2;1-2/h3-7H,1-2H3,(H,22,25);1-2H3. The molecule has 10 heteroatoms. The molecular formula is C18H18F4N4O2. The molecule has 150 valence electrons. The first-order valence-corrected chi connectivity index (χ1v) is 8.30. The first-order valence-electron chi connectivity index (χ1n) is 8.30. The molecule has 0 radical (unpaired) electrons. The van der Waals surface area contributed by atoms with Crippen LogP contribution in [-0.2, 0) is 13.2 Å². The third kappa shape index (κ3) is 4.38. The van der Waals surface area contributed by atoms with Gasteiger partial charge in [-0.05, 0) is 31.2 Å². The highest BCUT2D eigenvalue weighted by Crippen LogP contribution is 2.32. The van der Waals surface area contributed by atoms with Crippen molar-refractivity contribution < 1.29 is 26.9 Å². The number of rotatable bonds is 3. The number of hydrogen-bond acceptors (Lipinski definition) is 4. The van der Waals surface area contributed by atoms with Gasteiger partial charge in [0.25, 0.3) is 5.91 Å². The lowest BCUT2D eigenvalue weighted by atomic mass is 10.1. The Hall–Kier alpha value is -3.17. The monoisotopic (exact) mass is 398 g/mol. The maximum Gasteiger partial charge on any atom is 0.435 e. The van der Waals surface area contributed by atoms with Crippen molar-refractivity contribution in [3.63, 3.8) is 0 Å². The van der Waals surface area contributed by atoms with Crippen LogP contribution in [0.3, 0.4) is 0 Å². The molecule has 6 nitrogen and oxygen atoms in total. The Morgan fingerprint density at radius 3 is 2.39 bits per heavy atom. The van der Waals surface area contributed by atoms with Crippen molar-refractivity contribution in [2.45, 2.75) is 26.9 Å². The van der Waals surface area contributed by atoms with Gasteiger partial charge in [0.05, 0.1) is 11.9 Å². The van der Waals surface area contributed by atoms with Crippen molar-refractivity contribution in [3.8, 4) is 11.3 Å². The molecule has 0 fully saturated rings. The first kappa shape index (κ1) is 21.1. The van der Waals surface area contributed by atoms with Crippen molar-refractivity contribution in [2.24, 2.45) is 7.05 Å². The number of nitrogens with zero attached hydrogens (tertiary/aromatic N) is 3. The van der Waals surface area contributed by atoms with Crippen LogP contribution in [0.5, 0.6) is 0 Å². The summed E-state index contributed by atoms with van der Waals surface area (Å²) in [7, 11) is 1.29. The number of hydrogen-bond donors (Lipinski definition) is 1. The minimum absolute atomic E-state index is 0.0393. The van der Waals surface area contributed by atoms with E-state index in [1.54, 1.807) is 6.92 Å². The molecule has 0 aliphatic heterocycles. The number of benzene rings is 1. The van der Waals surface area contributed by atoms with Crippen LogP contribution in [0.4, 0.5) is 23.2 Å². The van der Waals surface area contributed by atoms with E-state index in [1.165, 1.54) is 25.4 Å². The molecule has 0 aliphatic carbocycles. The number of alkyl halides is 3. The number of carbonyl (C=O) groups is 1. The Morgan fingerprint density at radius 2 is 1.89 bits per heavy atom. The lowest BCUT2D eigenvalue weighted by Crippen LogP contribution is -2.12. The molecular weight excluding hydrogens is 380 g/mol. The number of carbonyl (C=O) groups excluding carboxylic acids is 1. The van der Waals surface area contributed by atoms with Gasteiger partial charge < -0.3 is 9.84 Å². The second-order valence-corrected chi connectivity index (χ2v) is 5.48. The largest absolute Gasteiger partial charge is 0.435 e. The van der Waals surface area contributed by atoms with Gasteiger partial charge in [-0.1, -0.05) is 19.0 Å². The van der Waals surface area contributed by atoms with E-state index in [1.807, 2.05) is 13.8 Å². The normalized spacial score (nSPS) is 11.0. The van der Waals surface area contributed by atoms with Crippen LogP contribution in [0.25, 0.3) is 11.3 Å². The van der Waals surface area contributed by atoms with Crippen LogP contribution in [0.15, 0.2) is 35.0 Å². The Balaban J connectivity index is 0.00000136. The van der Waals surface area contributed by atoms with Crippen LogP contribution in [0, 0.1) is 12.7 Å². The molecule has 1 N–H and O–H groups in total. The van der Waals surface area contributed by atoms with Crippen LogP contribution >= 0.6 is 0 Å². The highest BCUT2D eigenvalue weighted by Gasteiger charge is 2.35. The highest BCUT2D eigenvalue weighted by molar-refractivity contribution is 6.04. The molecule has 3 rings (SSSR count). The third-order valence-electron chi connectivity index (χ3n) is 3.67. The Kier molecular flexibility index (Phi) is 6.22. The molecule has 2 heterocycles. The van der Waals surface area contributed by atoms with Gasteiger partial charge in [-0.15, -0.1) is 0 Å². The highest BCUT2D eigenvalue weighted by atomic mass is 19.4. The predicted octanol–water partition coefficient (Wildman–Crippen LogP) is 4.82. The zero-order valence-corrected chi connectivity index (χ0v) is 15.6. The summed E-state index contributed by atoms with van der Waals surface area (Å²) in [6, 6.07) is 4.41. The fourth-order valence-electron chi connectivity index (χ4n) is 2.37. The average Bonchev–Trinajstić information content (AvgIpc) is 3.22. The zero-order chi connectivity index (χ0) is 21.1. The molecule has 1 aromatic carbocycles. The fourth-order valence-corrected chi connectivity index (χ4v) is 2.37. The van der Waals surface area contributed by atoms with Crippen molar-refractivity contribution in [2.75, 3.05) is 5.32 Å². The zero-order valence-electron chi connectivity index (χ0n) is 15.6. The summed E-state index contributed by atoms with van der Waals surface area (Å²) in [5.74, 6) is -1.05. The number of halogens is 4. The quantitative estimate of drug-likeness (QED) is 0.642.